The van der Waals surface area contributed by atoms with Crippen molar-refractivity contribution in [2.75, 3.05) is 6.61 Å². The second kappa shape index (κ2) is 9.05. The van der Waals surface area contributed by atoms with E-state index in [9.17, 15) is 15.3 Å². The number of rotatable bonds is 5. The van der Waals surface area contributed by atoms with Crippen molar-refractivity contribution >= 4 is 23.0 Å². The smallest absolute Gasteiger partial charge is 0.273 e. The number of nitriles is 2. The number of benzene rings is 2. The molecule has 0 radical (unpaired) electrons. The lowest BCUT2D eigenvalue weighted by molar-refractivity contribution is 0.340. The van der Waals surface area contributed by atoms with Gasteiger partial charge in [-0.15, -0.1) is 11.3 Å². The van der Waals surface area contributed by atoms with E-state index in [4.69, 9.17) is 4.74 Å². The molecule has 144 valence electrons. The van der Waals surface area contributed by atoms with Crippen LogP contribution < -0.4 is 19.5 Å². The van der Waals surface area contributed by atoms with Crippen LogP contribution in [0.4, 0.5) is 0 Å². The van der Waals surface area contributed by atoms with Gasteiger partial charge in [-0.1, -0.05) is 31.2 Å². The summed E-state index contributed by atoms with van der Waals surface area (Å²) in [6.45, 7) is 4.52. The quantitative estimate of drug-likeness (QED) is 0.659. The third-order valence-electron chi connectivity index (χ3n) is 4.35. The molecule has 0 bridgehead atoms. The van der Waals surface area contributed by atoms with Crippen LogP contribution in [0.1, 0.15) is 25.0 Å². The number of thiazole rings is 1. The highest BCUT2D eigenvalue weighted by molar-refractivity contribution is 7.07. The Bertz CT molecular complexity index is 1250. The molecule has 5 nitrogen and oxygen atoms in total. The highest BCUT2D eigenvalue weighted by atomic mass is 32.1. The first-order valence-corrected chi connectivity index (χ1v) is 10.0. The molecule has 29 heavy (non-hydrogen) atoms. The fraction of sp³-hybridized carbons (Fsp3) is 0.174. The van der Waals surface area contributed by atoms with E-state index in [0.29, 0.717) is 27.2 Å². The second-order valence-corrected chi connectivity index (χ2v) is 7.21. The highest BCUT2D eigenvalue weighted by Gasteiger charge is 2.11. The average molecular weight is 401 g/mol. The van der Waals surface area contributed by atoms with Crippen molar-refractivity contribution in [3.63, 3.8) is 0 Å². The molecule has 0 aliphatic carbocycles. The van der Waals surface area contributed by atoms with Gasteiger partial charge in [-0.05, 0) is 54.8 Å². The number of hydrogen-bond donors (Lipinski definition) is 0. The van der Waals surface area contributed by atoms with Crippen molar-refractivity contribution in [2.24, 2.45) is 0 Å². The van der Waals surface area contributed by atoms with E-state index in [-0.39, 0.29) is 11.1 Å². The summed E-state index contributed by atoms with van der Waals surface area (Å²) in [5.74, 6) is 0.689. The molecule has 0 saturated carbocycles. The molecule has 1 aromatic heterocycles. The van der Waals surface area contributed by atoms with Gasteiger partial charge in [0.2, 0.25) is 0 Å². The number of nitrogens with zero attached hydrogens (tertiary/aromatic N) is 3. The molecule has 0 amide bonds. The molecule has 0 aliphatic heterocycles. The van der Waals surface area contributed by atoms with E-state index in [0.717, 1.165) is 23.3 Å². The first-order valence-electron chi connectivity index (χ1n) is 9.21. The minimum Gasteiger partial charge on any atom is -0.494 e. The van der Waals surface area contributed by atoms with Crippen LogP contribution in [0.2, 0.25) is 0 Å². The molecule has 3 rings (SSSR count). The summed E-state index contributed by atoms with van der Waals surface area (Å²) in [6.07, 6.45) is 2.73. The molecule has 6 heteroatoms. The van der Waals surface area contributed by atoms with Crippen LogP contribution >= 0.6 is 11.3 Å². The van der Waals surface area contributed by atoms with E-state index >= 15 is 0 Å². The summed E-state index contributed by atoms with van der Waals surface area (Å²) in [5.41, 5.74) is 2.32. The zero-order valence-corrected chi connectivity index (χ0v) is 17.0. The van der Waals surface area contributed by atoms with Crippen LogP contribution in [0.15, 0.2) is 53.3 Å². The first kappa shape index (κ1) is 20.1. The fourth-order valence-corrected chi connectivity index (χ4v) is 3.92. The Balaban J connectivity index is 2.24. The van der Waals surface area contributed by atoms with Gasteiger partial charge in [-0.3, -0.25) is 9.36 Å². The van der Waals surface area contributed by atoms with Crippen LogP contribution in [0.5, 0.6) is 5.75 Å². The van der Waals surface area contributed by atoms with Crippen molar-refractivity contribution < 1.29 is 4.74 Å². The van der Waals surface area contributed by atoms with E-state index in [1.54, 1.807) is 30.3 Å². The lowest BCUT2D eigenvalue weighted by atomic mass is 10.1. The van der Waals surface area contributed by atoms with Crippen LogP contribution in [0.25, 0.3) is 17.3 Å². The summed E-state index contributed by atoms with van der Waals surface area (Å²) in [6, 6.07) is 18.8. The second-order valence-electron chi connectivity index (χ2n) is 6.18. The van der Waals surface area contributed by atoms with Gasteiger partial charge in [-0.25, -0.2) is 0 Å². The summed E-state index contributed by atoms with van der Waals surface area (Å²) >= 11 is 1.14. The number of aromatic nitrogens is 1. The SMILES string of the molecule is CCOc1ccc(-n2c(=C(C#N)C#N)s/c(=C/c3ccc(CC)cc3)c2=O)cc1. The summed E-state index contributed by atoms with van der Waals surface area (Å²) in [5, 5.41) is 18.7. The Morgan fingerprint density at radius 1 is 1.07 bits per heavy atom. The number of ether oxygens (including phenoxy) is 1. The molecule has 2 aromatic carbocycles. The molecule has 0 fully saturated rings. The van der Waals surface area contributed by atoms with Gasteiger partial charge in [-0.2, -0.15) is 10.5 Å². The largest absolute Gasteiger partial charge is 0.494 e. The maximum atomic E-state index is 13.1. The van der Waals surface area contributed by atoms with Crippen molar-refractivity contribution in [1.82, 2.24) is 4.57 Å². The molecular weight excluding hydrogens is 382 g/mol. The Morgan fingerprint density at radius 2 is 1.72 bits per heavy atom. The lowest BCUT2D eigenvalue weighted by Crippen LogP contribution is -2.30. The maximum absolute atomic E-state index is 13.1. The molecule has 0 N–H and O–H groups in total. The van der Waals surface area contributed by atoms with Gasteiger partial charge >= 0.3 is 0 Å². The Morgan fingerprint density at radius 3 is 2.28 bits per heavy atom. The minimum atomic E-state index is -0.267. The summed E-state index contributed by atoms with van der Waals surface area (Å²) in [7, 11) is 0. The zero-order valence-electron chi connectivity index (χ0n) is 16.2. The molecule has 1 heterocycles. The van der Waals surface area contributed by atoms with Gasteiger partial charge in [0.1, 0.15) is 22.6 Å². The van der Waals surface area contributed by atoms with E-state index in [1.807, 2.05) is 43.3 Å². The molecule has 0 saturated heterocycles. The fourth-order valence-electron chi connectivity index (χ4n) is 2.86. The Hall–Kier alpha value is -3.61. The van der Waals surface area contributed by atoms with Crippen molar-refractivity contribution in [3.05, 3.63) is 79.2 Å². The molecule has 3 aromatic rings. The predicted octanol–water partition coefficient (Wildman–Crippen LogP) is 2.89. The van der Waals surface area contributed by atoms with E-state index in [2.05, 4.69) is 6.92 Å². The highest BCUT2D eigenvalue weighted by Crippen LogP contribution is 2.14. The molecule has 0 spiro atoms. The standard InChI is InChI=1S/C23H19N3O2S/c1-3-16-5-7-17(8-6-16)13-21-22(27)26(23(29-21)18(14-24)15-25)19-9-11-20(12-10-19)28-4-2/h5-13H,3-4H2,1-2H3/b21-13+. The average Bonchev–Trinajstić information content (AvgIpc) is 3.06. The Labute approximate surface area is 172 Å². The van der Waals surface area contributed by atoms with Crippen LogP contribution in [0, 0.1) is 22.7 Å². The monoisotopic (exact) mass is 401 g/mol. The number of aryl methyl sites for hydroxylation is 1. The maximum Gasteiger partial charge on any atom is 0.273 e. The number of hydrogen-bond acceptors (Lipinski definition) is 5. The minimum absolute atomic E-state index is 0.0954. The molecule has 0 atom stereocenters. The normalized spacial score (nSPS) is 11.0. The molecule has 0 unspecified atom stereocenters. The van der Waals surface area contributed by atoms with E-state index in [1.165, 1.54) is 10.1 Å². The van der Waals surface area contributed by atoms with Gasteiger partial charge < -0.3 is 4.74 Å². The first-order chi connectivity index (χ1) is 14.1. The van der Waals surface area contributed by atoms with Crippen molar-refractivity contribution in [1.29, 1.82) is 10.5 Å². The van der Waals surface area contributed by atoms with Crippen LogP contribution in [-0.4, -0.2) is 11.2 Å². The zero-order chi connectivity index (χ0) is 20.8. The van der Waals surface area contributed by atoms with Gasteiger partial charge in [0, 0.05) is 0 Å². The summed E-state index contributed by atoms with van der Waals surface area (Å²) < 4.78 is 7.64. The lowest BCUT2D eigenvalue weighted by Gasteiger charge is -2.05. The molecule has 0 aliphatic rings. The topological polar surface area (TPSA) is 78.8 Å². The van der Waals surface area contributed by atoms with Crippen LogP contribution in [-0.2, 0) is 6.42 Å². The van der Waals surface area contributed by atoms with Crippen molar-refractivity contribution in [3.8, 4) is 23.6 Å². The summed E-state index contributed by atoms with van der Waals surface area (Å²) in [4.78, 5) is 13.1. The predicted molar refractivity (Wildman–Crippen MR) is 114 cm³/mol. The Kier molecular flexibility index (Phi) is 6.29. The third kappa shape index (κ3) is 4.29. The third-order valence-corrected chi connectivity index (χ3v) is 5.45. The van der Waals surface area contributed by atoms with Gasteiger partial charge in [0.15, 0.2) is 5.57 Å². The molecular formula is C23H19N3O2S. The van der Waals surface area contributed by atoms with Gasteiger partial charge in [0.05, 0.1) is 16.8 Å². The van der Waals surface area contributed by atoms with Crippen molar-refractivity contribution in [2.45, 2.75) is 20.3 Å². The van der Waals surface area contributed by atoms with Gasteiger partial charge in [0.25, 0.3) is 5.56 Å². The van der Waals surface area contributed by atoms with E-state index < -0.39 is 0 Å². The van der Waals surface area contributed by atoms with Crippen LogP contribution in [0.3, 0.4) is 0 Å².